The lowest BCUT2D eigenvalue weighted by atomic mass is 10.2. The molecule has 0 aliphatic carbocycles. The highest BCUT2D eigenvalue weighted by Crippen LogP contribution is 2.34. The summed E-state index contributed by atoms with van der Waals surface area (Å²) in [6.45, 7) is 0. The van der Waals surface area contributed by atoms with Gasteiger partial charge in [0.15, 0.2) is 0 Å². The molecule has 2 aromatic heterocycles. The molecule has 2 heterocycles. The molecule has 0 spiro atoms. The van der Waals surface area contributed by atoms with Crippen LogP contribution in [0.1, 0.15) is 12.1 Å². The zero-order valence-electron chi connectivity index (χ0n) is 10.1. The van der Waals surface area contributed by atoms with E-state index in [1.807, 2.05) is 0 Å². The molecule has 0 aliphatic rings. The first kappa shape index (κ1) is 12.5. The molecule has 0 atom stereocenters. The first-order chi connectivity index (χ1) is 9.68. The van der Waals surface area contributed by atoms with Crippen molar-refractivity contribution in [1.29, 1.82) is 0 Å². The van der Waals surface area contributed by atoms with E-state index in [0.29, 0.717) is 5.69 Å². The molecule has 20 heavy (non-hydrogen) atoms. The van der Waals surface area contributed by atoms with Gasteiger partial charge < -0.3 is 4.42 Å². The monoisotopic (exact) mass is 278 g/mol. The van der Waals surface area contributed by atoms with E-state index in [1.54, 1.807) is 30.3 Å². The summed E-state index contributed by atoms with van der Waals surface area (Å²) in [5.41, 5.74) is -0.583. The number of alkyl halides is 2. The van der Waals surface area contributed by atoms with Gasteiger partial charge in [0.05, 0.1) is 12.0 Å². The van der Waals surface area contributed by atoms with Crippen molar-refractivity contribution in [1.82, 2.24) is 9.78 Å². The molecule has 6 heteroatoms. The lowest BCUT2D eigenvalue weighted by Gasteiger charge is -2.00. The van der Waals surface area contributed by atoms with Crippen molar-refractivity contribution in [2.45, 2.75) is 6.43 Å². The van der Waals surface area contributed by atoms with Crippen LogP contribution in [-0.4, -0.2) is 9.78 Å². The molecule has 102 valence electrons. The van der Waals surface area contributed by atoms with E-state index in [9.17, 15) is 13.2 Å². The number of nitrogens with zero attached hydrogens (tertiary/aromatic N) is 2. The van der Waals surface area contributed by atoms with E-state index in [4.69, 9.17) is 4.42 Å². The number of halogens is 3. The molecule has 3 nitrogen and oxygen atoms in total. The van der Waals surface area contributed by atoms with Gasteiger partial charge in [0.1, 0.15) is 17.0 Å². The highest BCUT2D eigenvalue weighted by Gasteiger charge is 2.27. The van der Waals surface area contributed by atoms with Gasteiger partial charge >= 0.3 is 0 Å². The first-order valence-corrected chi connectivity index (χ1v) is 5.84. The minimum atomic E-state index is -2.89. The Labute approximate surface area is 112 Å². The summed E-state index contributed by atoms with van der Waals surface area (Å²) >= 11 is 0. The van der Waals surface area contributed by atoms with Crippen LogP contribution in [0.3, 0.4) is 0 Å². The van der Waals surface area contributed by atoms with Crippen molar-refractivity contribution >= 4 is 0 Å². The maximum absolute atomic E-state index is 14.4. The van der Waals surface area contributed by atoms with Crippen molar-refractivity contribution in [2.24, 2.45) is 0 Å². The Bertz CT molecular complexity index is 706. The third-order valence-electron chi connectivity index (χ3n) is 2.83. The molecular formula is C14H9F3N2O. The van der Waals surface area contributed by atoms with E-state index in [1.165, 1.54) is 18.4 Å². The van der Waals surface area contributed by atoms with E-state index >= 15 is 0 Å². The Morgan fingerprint density at radius 1 is 1.05 bits per heavy atom. The van der Waals surface area contributed by atoms with Crippen LogP contribution in [0.5, 0.6) is 0 Å². The van der Waals surface area contributed by atoms with Gasteiger partial charge in [-0.25, -0.2) is 13.5 Å². The van der Waals surface area contributed by atoms with Gasteiger partial charge in [0.25, 0.3) is 6.43 Å². The average Bonchev–Trinajstić information content (AvgIpc) is 3.06. The summed E-state index contributed by atoms with van der Waals surface area (Å²) in [7, 11) is 0. The van der Waals surface area contributed by atoms with Crippen molar-refractivity contribution < 1.29 is 17.6 Å². The van der Waals surface area contributed by atoms with Crippen molar-refractivity contribution in [3.05, 3.63) is 60.4 Å². The lowest BCUT2D eigenvalue weighted by Crippen LogP contribution is -1.99. The van der Waals surface area contributed by atoms with Gasteiger partial charge in [-0.2, -0.15) is 9.49 Å². The molecule has 1 aromatic carbocycles. The molecule has 0 aliphatic heterocycles. The predicted molar refractivity (Wildman–Crippen MR) is 66.2 cm³/mol. The number of rotatable bonds is 3. The summed E-state index contributed by atoms with van der Waals surface area (Å²) in [6, 6.07) is 11.2. The van der Waals surface area contributed by atoms with Crippen molar-refractivity contribution in [3.63, 3.8) is 0 Å². The second-order valence-electron chi connectivity index (χ2n) is 4.08. The third kappa shape index (κ3) is 1.99. The van der Waals surface area contributed by atoms with E-state index in [0.717, 1.165) is 4.68 Å². The van der Waals surface area contributed by atoms with E-state index in [2.05, 4.69) is 5.10 Å². The van der Waals surface area contributed by atoms with Gasteiger partial charge in [-0.1, -0.05) is 18.2 Å². The molecule has 0 amide bonds. The molecule has 0 N–H and O–H groups in total. The summed E-state index contributed by atoms with van der Waals surface area (Å²) in [4.78, 5) is 0. The van der Waals surface area contributed by atoms with Crippen LogP contribution in [0.15, 0.2) is 53.1 Å². The average molecular weight is 278 g/mol. The smallest absolute Gasteiger partial charge is 0.283 e. The number of hydrogen-bond acceptors (Lipinski definition) is 2. The van der Waals surface area contributed by atoms with Crippen LogP contribution in [0.2, 0.25) is 0 Å². The van der Waals surface area contributed by atoms with Crippen LogP contribution in [0, 0.1) is 5.95 Å². The van der Waals surface area contributed by atoms with Crippen LogP contribution in [0.25, 0.3) is 17.0 Å². The number of aromatic nitrogens is 2. The largest absolute Gasteiger partial charge is 0.464 e. The second-order valence-corrected chi connectivity index (χ2v) is 4.08. The molecule has 3 aromatic rings. The predicted octanol–water partition coefficient (Wildman–Crippen LogP) is 4.21. The number of furan rings is 1. The van der Waals surface area contributed by atoms with Crippen LogP contribution in [-0.2, 0) is 0 Å². The Morgan fingerprint density at radius 3 is 2.40 bits per heavy atom. The summed E-state index contributed by atoms with van der Waals surface area (Å²) in [6.07, 6.45) is -1.60. The maximum Gasteiger partial charge on any atom is 0.283 e. The SMILES string of the molecule is Fc1c(-c2ccco2)c(C(F)F)nn1-c1ccccc1. The molecule has 0 saturated heterocycles. The molecule has 0 radical (unpaired) electrons. The van der Waals surface area contributed by atoms with E-state index in [-0.39, 0.29) is 11.3 Å². The molecule has 0 saturated carbocycles. The van der Waals surface area contributed by atoms with Gasteiger partial charge in [-0.3, -0.25) is 0 Å². The van der Waals surface area contributed by atoms with Crippen LogP contribution in [0.4, 0.5) is 13.2 Å². The molecule has 3 rings (SSSR count). The van der Waals surface area contributed by atoms with Gasteiger partial charge in [-0.15, -0.1) is 0 Å². The van der Waals surface area contributed by atoms with E-state index < -0.39 is 18.1 Å². The minimum Gasteiger partial charge on any atom is -0.464 e. The lowest BCUT2D eigenvalue weighted by molar-refractivity contribution is 0.146. The second kappa shape index (κ2) is 4.88. The first-order valence-electron chi connectivity index (χ1n) is 5.84. The Balaban J connectivity index is 2.22. The maximum atomic E-state index is 14.4. The zero-order chi connectivity index (χ0) is 14.1. The van der Waals surface area contributed by atoms with Crippen LogP contribution < -0.4 is 0 Å². The van der Waals surface area contributed by atoms with Gasteiger partial charge in [0.2, 0.25) is 5.95 Å². The quantitative estimate of drug-likeness (QED) is 0.718. The molecule has 0 bridgehead atoms. The Hall–Kier alpha value is -2.50. The standard InChI is InChI=1S/C14H9F3N2O/c15-13(16)12-11(10-7-4-8-20-10)14(17)19(18-12)9-5-2-1-3-6-9/h1-8,13H. The van der Waals surface area contributed by atoms with Crippen molar-refractivity contribution in [2.75, 3.05) is 0 Å². The normalized spacial score (nSPS) is 11.2. The number of hydrogen-bond donors (Lipinski definition) is 0. The highest BCUT2D eigenvalue weighted by molar-refractivity contribution is 5.61. The summed E-state index contributed by atoms with van der Waals surface area (Å²) in [5, 5.41) is 3.67. The van der Waals surface area contributed by atoms with Gasteiger partial charge in [-0.05, 0) is 24.3 Å². The molecule has 0 fully saturated rings. The Morgan fingerprint density at radius 2 is 1.80 bits per heavy atom. The minimum absolute atomic E-state index is 0.0278. The van der Waals surface area contributed by atoms with Gasteiger partial charge in [0, 0.05) is 0 Å². The van der Waals surface area contributed by atoms with Crippen molar-refractivity contribution in [3.8, 4) is 17.0 Å². The Kier molecular flexibility index (Phi) is 3.06. The number of benzene rings is 1. The highest BCUT2D eigenvalue weighted by atomic mass is 19.3. The fourth-order valence-corrected chi connectivity index (χ4v) is 1.95. The molecular weight excluding hydrogens is 269 g/mol. The third-order valence-corrected chi connectivity index (χ3v) is 2.83. The fraction of sp³-hybridized carbons (Fsp3) is 0.0714. The fourth-order valence-electron chi connectivity index (χ4n) is 1.95. The summed E-state index contributed by atoms with van der Waals surface area (Å²) < 4.78 is 46.4. The number of para-hydroxylation sites is 1. The molecule has 0 unspecified atom stereocenters. The summed E-state index contributed by atoms with van der Waals surface area (Å²) in [5.74, 6) is -0.846. The van der Waals surface area contributed by atoms with Crippen LogP contribution >= 0.6 is 0 Å². The zero-order valence-corrected chi connectivity index (χ0v) is 10.1. The topological polar surface area (TPSA) is 31.0 Å².